The van der Waals surface area contributed by atoms with Crippen LogP contribution in [0.3, 0.4) is 0 Å². The van der Waals surface area contributed by atoms with E-state index in [1.165, 1.54) is 32.1 Å². The predicted octanol–water partition coefficient (Wildman–Crippen LogP) is 8.53. The number of esters is 1. The number of aliphatic hydroxyl groups excluding tert-OH is 1. The van der Waals surface area contributed by atoms with Gasteiger partial charge >= 0.3 is 5.97 Å². The molecule has 1 N–H and O–H groups in total. The highest BCUT2D eigenvalue weighted by Gasteiger charge is 2.50. The molecule has 0 amide bonds. The van der Waals surface area contributed by atoms with Gasteiger partial charge in [-0.05, 0) is 111 Å². The minimum atomic E-state index is -1.90. The molecular weight excluding hydrogens is 488 g/mol. The minimum absolute atomic E-state index is 0.0579. The first-order chi connectivity index (χ1) is 17.7. The lowest BCUT2D eigenvalue weighted by atomic mass is 9.60. The molecule has 3 fully saturated rings. The first-order valence-corrected chi connectivity index (χ1v) is 18.2. The van der Waals surface area contributed by atoms with Crippen LogP contribution in [0.2, 0.25) is 18.1 Å². The van der Waals surface area contributed by atoms with Crippen LogP contribution in [0.25, 0.3) is 0 Å². The van der Waals surface area contributed by atoms with Crippen molar-refractivity contribution < 1.29 is 19.1 Å². The maximum Gasteiger partial charge on any atom is 0.305 e. The Morgan fingerprint density at radius 2 is 1.97 bits per heavy atom. The maximum atomic E-state index is 11.8. The summed E-state index contributed by atoms with van der Waals surface area (Å²) in [5.74, 6) is 1.91. The van der Waals surface area contributed by atoms with Crippen molar-refractivity contribution in [1.82, 2.24) is 0 Å². The Hall–Kier alpha value is -1.17. The Balaban J connectivity index is 1.70. The van der Waals surface area contributed by atoms with E-state index < -0.39 is 14.4 Å². The summed E-state index contributed by atoms with van der Waals surface area (Å²) < 4.78 is 11.8. The molecule has 3 aliphatic carbocycles. The molecule has 3 aliphatic rings. The molecule has 0 aromatic rings. The molecule has 38 heavy (non-hydrogen) atoms. The van der Waals surface area contributed by atoms with Gasteiger partial charge in [-0.25, -0.2) is 0 Å². The van der Waals surface area contributed by atoms with Crippen molar-refractivity contribution in [3.63, 3.8) is 0 Å². The molecule has 216 valence electrons. The molecule has 0 heterocycles. The molecule has 0 bridgehead atoms. The molecular formula is C33H56O4Si. The molecule has 2 unspecified atom stereocenters. The van der Waals surface area contributed by atoms with Crippen LogP contribution < -0.4 is 0 Å². The van der Waals surface area contributed by atoms with Crippen LogP contribution in [0, 0.1) is 23.2 Å². The topological polar surface area (TPSA) is 55.8 Å². The van der Waals surface area contributed by atoms with E-state index >= 15 is 0 Å². The third-order valence-electron chi connectivity index (χ3n) is 10.6. The number of carbonyl (C=O) groups is 1. The number of fused-ring (bicyclic) bond motifs is 1. The second kappa shape index (κ2) is 12.6. The van der Waals surface area contributed by atoms with Crippen LogP contribution in [0.1, 0.15) is 106 Å². The SMILES string of the molecule is C=C1/C(=C/C=C2\CCC[C@@]3(C)C2CC[C@@H]3[C@H](C)CCCC(=O)OCC)C[C@@H](O[Si](C)(C)C(C)(C)C)CC1O. The van der Waals surface area contributed by atoms with E-state index in [1.807, 2.05) is 6.92 Å². The molecule has 0 saturated heterocycles. The van der Waals surface area contributed by atoms with Crippen LogP contribution in [-0.4, -0.2) is 38.2 Å². The van der Waals surface area contributed by atoms with Crippen LogP contribution >= 0.6 is 0 Å². The molecule has 0 aromatic heterocycles. The summed E-state index contributed by atoms with van der Waals surface area (Å²) in [6.07, 6.45) is 14.5. The average molecular weight is 545 g/mol. The molecule has 0 aliphatic heterocycles. The molecule has 0 radical (unpaired) electrons. The number of carbonyl (C=O) groups excluding carboxylic acids is 1. The van der Waals surface area contributed by atoms with Crippen LogP contribution in [-0.2, 0) is 14.0 Å². The van der Waals surface area contributed by atoms with Crippen molar-refractivity contribution in [2.75, 3.05) is 6.61 Å². The first kappa shape index (κ1) is 31.4. The van der Waals surface area contributed by atoms with Gasteiger partial charge in [0.2, 0.25) is 0 Å². The first-order valence-electron chi connectivity index (χ1n) is 15.3. The van der Waals surface area contributed by atoms with E-state index in [1.54, 1.807) is 5.57 Å². The van der Waals surface area contributed by atoms with Gasteiger partial charge in [0.1, 0.15) is 0 Å². The Morgan fingerprint density at radius 1 is 1.26 bits per heavy atom. The summed E-state index contributed by atoms with van der Waals surface area (Å²) in [5.41, 5.74) is 3.95. The third kappa shape index (κ3) is 7.12. The molecule has 3 saturated carbocycles. The van der Waals surface area contributed by atoms with E-state index in [4.69, 9.17) is 9.16 Å². The highest BCUT2D eigenvalue weighted by atomic mass is 28.4. The molecule has 0 spiro atoms. The van der Waals surface area contributed by atoms with Gasteiger partial charge in [-0.2, -0.15) is 0 Å². The summed E-state index contributed by atoms with van der Waals surface area (Å²) in [5, 5.41) is 11.0. The smallest absolute Gasteiger partial charge is 0.305 e. The van der Waals surface area contributed by atoms with E-state index in [0.29, 0.717) is 42.6 Å². The van der Waals surface area contributed by atoms with E-state index in [-0.39, 0.29) is 17.1 Å². The zero-order chi connectivity index (χ0) is 28.3. The van der Waals surface area contributed by atoms with Crippen LogP contribution in [0.5, 0.6) is 0 Å². The van der Waals surface area contributed by atoms with Gasteiger partial charge in [0.15, 0.2) is 8.32 Å². The Labute approximate surface area is 234 Å². The van der Waals surface area contributed by atoms with Crippen molar-refractivity contribution >= 4 is 14.3 Å². The van der Waals surface area contributed by atoms with Crippen molar-refractivity contribution in [1.29, 1.82) is 0 Å². The standard InChI is InChI=1S/C33H56O4Si/c1-10-36-31(35)15-11-13-23(2)28-18-19-29-25(14-12-20-33(28,29)7)16-17-26-21-27(22-30(34)24(26)3)37-38(8,9)32(4,5)6/h16-17,23,27-30,34H,3,10-15,18-22H2,1-2,4-9H3/b25-16+,26-17+/t23-,27-,28-,29?,30?,33-/m1/s1. The Morgan fingerprint density at radius 3 is 2.63 bits per heavy atom. The number of hydrogen-bond acceptors (Lipinski definition) is 4. The van der Waals surface area contributed by atoms with E-state index in [0.717, 1.165) is 30.4 Å². The highest BCUT2D eigenvalue weighted by Crippen LogP contribution is 2.60. The summed E-state index contributed by atoms with van der Waals surface area (Å²) in [6, 6.07) is 0. The Kier molecular flexibility index (Phi) is 10.4. The monoisotopic (exact) mass is 544 g/mol. The van der Waals surface area contributed by atoms with Gasteiger partial charge < -0.3 is 14.3 Å². The van der Waals surface area contributed by atoms with Gasteiger partial charge in [-0.15, -0.1) is 0 Å². The second-order valence-corrected chi connectivity index (χ2v) is 18.9. The number of rotatable bonds is 9. The minimum Gasteiger partial charge on any atom is -0.466 e. The quantitative estimate of drug-likeness (QED) is 0.233. The normalized spacial score (nSPS) is 33.4. The van der Waals surface area contributed by atoms with E-state index in [2.05, 4.69) is 66.4 Å². The number of hydrogen-bond donors (Lipinski definition) is 1. The molecule has 3 rings (SSSR count). The van der Waals surface area contributed by atoms with Gasteiger partial charge in [0, 0.05) is 12.8 Å². The predicted molar refractivity (Wildman–Crippen MR) is 160 cm³/mol. The third-order valence-corrected chi connectivity index (χ3v) is 15.1. The lowest BCUT2D eigenvalue weighted by molar-refractivity contribution is -0.143. The Bertz CT molecular complexity index is 910. The van der Waals surface area contributed by atoms with Gasteiger partial charge in [-0.3, -0.25) is 4.79 Å². The van der Waals surface area contributed by atoms with Gasteiger partial charge in [0.25, 0.3) is 0 Å². The molecule has 0 aromatic carbocycles. The zero-order valence-electron chi connectivity index (χ0n) is 25.7. The van der Waals surface area contributed by atoms with Crippen LogP contribution in [0.4, 0.5) is 0 Å². The molecule has 4 nitrogen and oxygen atoms in total. The summed E-state index contributed by atoms with van der Waals surface area (Å²) in [4.78, 5) is 11.8. The zero-order valence-corrected chi connectivity index (χ0v) is 26.7. The van der Waals surface area contributed by atoms with Crippen molar-refractivity contribution in [3.05, 3.63) is 35.5 Å². The number of aliphatic hydroxyl groups is 1. The fraction of sp³-hybridized carbons (Fsp3) is 0.788. The van der Waals surface area contributed by atoms with Crippen molar-refractivity contribution in [2.45, 2.75) is 136 Å². The maximum absolute atomic E-state index is 11.8. The van der Waals surface area contributed by atoms with Gasteiger partial charge in [-0.1, -0.05) is 58.9 Å². The van der Waals surface area contributed by atoms with E-state index in [9.17, 15) is 9.90 Å². The molecule has 5 heteroatoms. The number of ether oxygens (including phenoxy) is 1. The van der Waals surface area contributed by atoms with Crippen LogP contribution in [0.15, 0.2) is 35.5 Å². The number of allylic oxidation sites excluding steroid dienone is 3. The highest BCUT2D eigenvalue weighted by molar-refractivity contribution is 6.74. The van der Waals surface area contributed by atoms with Crippen molar-refractivity contribution in [2.24, 2.45) is 23.2 Å². The second-order valence-electron chi connectivity index (χ2n) is 14.2. The summed E-state index contributed by atoms with van der Waals surface area (Å²) >= 11 is 0. The lowest BCUT2D eigenvalue weighted by Crippen LogP contribution is -2.46. The van der Waals surface area contributed by atoms with Crippen molar-refractivity contribution in [3.8, 4) is 0 Å². The summed E-state index contributed by atoms with van der Waals surface area (Å²) in [7, 11) is -1.90. The average Bonchev–Trinajstić information content (AvgIpc) is 3.17. The summed E-state index contributed by atoms with van der Waals surface area (Å²) in [6.45, 7) is 23.0. The fourth-order valence-corrected chi connectivity index (χ4v) is 8.71. The largest absolute Gasteiger partial charge is 0.466 e. The lowest BCUT2D eigenvalue weighted by Gasteiger charge is -2.44. The fourth-order valence-electron chi connectivity index (χ4n) is 7.35. The molecule has 6 atom stereocenters. The van der Waals surface area contributed by atoms with Gasteiger partial charge in [0.05, 0.1) is 18.8 Å².